The van der Waals surface area contributed by atoms with Crippen LogP contribution in [-0.4, -0.2) is 44.9 Å². The lowest BCUT2D eigenvalue weighted by Crippen LogP contribution is -2.28. The summed E-state index contributed by atoms with van der Waals surface area (Å²) in [6.07, 6.45) is 1.77. The van der Waals surface area contributed by atoms with Gasteiger partial charge in [-0.15, -0.1) is 0 Å². The van der Waals surface area contributed by atoms with Gasteiger partial charge in [-0.05, 0) is 62.6 Å². The Hall–Kier alpha value is -2.42. The van der Waals surface area contributed by atoms with Crippen LogP contribution in [0.15, 0.2) is 47.4 Å². The maximum absolute atomic E-state index is 13.0. The van der Waals surface area contributed by atoms with Gasteiger partial charge in [0.1, 0.15) is 10.6 Å². The van der Waals surface area contributed by atoms with Crippen molar-refractivity contribution in [1.82, 2.24) is 4.31 Å². The molecule has 0 saturated carbocycles. The summed E-state index contributed by atoms with van der Waals surface area (Å²) in [5.41, 5.74) is 1.80. The van der Waals surface area contributed by atoms with Crippen molar-refractivity contribution in [2.75, 3.05) is 25.5 Å². The first-order chi connectivity index (χ1) is 14.3. The Balaban J connectivity index is 1.82. The first-order valence-electron chi connectivity index (χ1n) is 10.0. The van der Waals surface area contributed by atoms with Crippen molar-refractivity contribution in [3.63, 3.8) is 0 Å². The van der Waals surface area contributed by atoms with Crippen molar-refractivity contribution < 1.29 is 22.7 Å². The quantitative estimate of drug-likeness (QED) is 0.688. The van der Waals surface area contributed by atoms with Gasteiger partial charge in [-0.25, -0.2) is 8.42 Å². The lowest BCUT2D eigenvalue weighted by molar-refractivity contribution is 0.0657. The van der Waals surface area contributed by atoms with E-state index in [0.717, 1.165) is 18.4 Å². The number of benzene rings is 2. The zero-order valence-corrected chi connectivity index (χ0v) is 18.4. The molecule has 7 nitrogen and oxygen atoms in total. The predicted octanol–water partition coefficient (Wildman–Crippen LogP) is 3.66. The molecule has 0 atom stereocenters. The molecule has 1 amide bonds. The summed E-state index contributed by atoms with van der Waals surface area (Å²) in [6.45, 7) is 5.33. The third-order valence-electron chi connectivity index (χ3n) is 4.88. The molecule has 3 rings (SSSR count). The topological polar surface area (TPSA) is 84.9 Å². The van der Waals surface area contributed by atoms with Gasteiger partial charge in [0.05, 0.1) is 19.8 Å². The average Bonchev–Trinajstić information content (AvgIpc) is 3.28. The molecule has 2 aromatic rings. The fourth-order valence-corrected chi connectivity index (χ4v) is 4.99. The summed E-state index contributed by atoms with van der Waals surface area (Å²) < 4.78 is 38.3. The SMILES string of the molecule is COc1ccc(C(=O)Nc2cccc(COC(C)C)c2)cc1S(=O)(=O)N1CCCC1. The van der Waals surface area contributed by atoms with Gasteiger partial charge in [-0.2, -0.15) is 4.31 Å². The minimum atomic E-state index is -3.72. The van der Waals surface area contributed by atoms with E-state index in [9.17, 15) is 13.2 Å². The van der Waals surface area contributed by atoms with Gasteiger partial charge >= 0.3 is 0 Å². The van der Waals surface area contributed by atoms with Crippen molar-refractivity contribution in [3.8, 4) is 5.75 Å². The molecule has 1 fully saturated rings. The molecule has 0 aliphatic carbocycles. The standard InChI is InChI=1S/C22H28N2O5S/c1-16(2)29-15-17-7-6-8-19(13-17)23-22(25)18-9-10-20(28-3)21(14-18)30(26,27)24-11-4-5-12-24/h6-10,13-14,16H,4-5,11-12,15H2,1-3H3,(H,23,25). The molecule has 8 heteroatoms. The first kappa shape index (κ1) is 22.3. The molecule has 1 N–H and O–H groups in total. The van der Waals surface area contributed by atoms with Gasteiger partial charge in [0.2, 0.25) is 10.0 Å². The molecule has 0 aromatic heterocycles. The molecule has 162 valence electrons. The second kappa shape index (κ2) is 9.59. The van der Waals surface area contributed by atoms with Crippen LogP contribution in [-0.2, 0) is 21.4 Å². The molecule has 0 bridgehead atoms. The molecule has 30 heavy (non-hydrogen) atoms. The van der Waals surface area contributed by atoms with E-state index in [1.807, 2.05) is 32.0 Å². The molecule has 1 aliphatic rings. The highest BCUT2D eigenvalue weighted by molar-refractivity contribution is 7.89. The van der Waals surface area contributed by atoms with Crippen LogP contribution in [0.4, 0.5) is 5.69 Å². The van der Waals surface area contributed by atoms with Crippen LogP contribution in [0.5, 0.6) is 5.75 Å². The number of amides is 1. The van der Waals surface area contributed by atoms with Crippen LogP contribution in [0.25, 0.3) is 0 Å². The molecular formula is C22H28N2O5S. The highest BCUT2D eigenvalue weighted by Crippen LogP contribution is 2.30. The van der Waals surface area contributed by atoms with Gasteiger partial charge < -0.3 is 14.8 Å². The van der Waals surface area contributed by atoms with E-state index in [1.165, 1.54) is 23.5 Å². The van der Waals surface area contributed by atoms with Gasteiger partial charge in [0.25, 0.3) is 5.91 Å². The van der Waals surface area contributed by atoms with Crippen LogP contribution >= 0.6 is 0 Å². The van der Waals surface area contributed by atoms with Crippen molar-refractivity contribution >= 4 is 21.6 Å². The highest BCUT2D eigenvalue weighted by atomic mass is 32.2. The zero-order chi connectivity index (χ0) is 21.7. The van der Waals surface area contributed by atoms with Crippen LogP contribution in [0.2, 0.25) is 0 Å². The van der Waals surface area contributed by atoms with E-state index in [2.05, 4.69) is 5.32 Å². The summed E-state index contributed by atoms with van der Waals surface area (Å²) in [7, 11) is -2.30. The van der Waals surface area contributed by atoms with Crippen LogP contribution in [0.1, 0.15) is 42.6 Å². The van der Waals surface area contributed by atoms with Crippen molar-refractivity contribution in [3.05, 3.63) is 53.6 Å². The van der Waals surface area contributed by atoms with E-state index in [-0.39, 0.29) is 22.3 Å². The fourth-order valence-electron chi connectivity index (χ4n) is 3.29. The van der Waals surface area contributed by atoms with Gasteiger partial charge in [-0.3, -0.25) is 4.79 Å². The summed E-state index contributed by atoms with van der Waals surface area (Å²) in [5.74, 6) is -0.163. The number of nitrogens with zero attached hydrogens (tertiary/aromatic N) is 1. The Kier molecular flexibility index (Phi) is 7.12. The summed E-state index contributed by atoms with van der Waals surface area (Å²) in [6, 6.07) is 11.8. The van der Waals surface area contributed by atoms with Crippen LogP contribution in [0, 0.1) is 0 Å². The second-order valence-corrected chi connectivity index (χ2v) is 9.40. The predicted molar refractivity (Wildman–Crippen MR) is 115 cm³/mol. The third-order valence-corrected chi connectivity index (χ3v) is 6.80. The highest BCUT2D eigenvalue weighted by Gasteiger charge is 2.30. The zero-order valence-electron chi connectivity index (χ0n) is 17.6. The number of hydrogen-bond acceptors (Lipinski definition) is 5. The number of anilines is 1. The second-order valence-electron chi connectivity index (χ2n) is 7.49. The average molecular weight is 433 g/mol. The van der Waals surface area contributed by atoms with Crippen molar-refractivity contribution in [1.29, 1.82) is 0 Å². The number of carbonyl (C=O) groups excluding carboxylic acids is 1. The van der Waals surface area contributed by atoms with Crippen molar-refractivity contribution in [2.24, 2.45) is 0 Å². The van der Waals surface area contributed by atoms with Crippen LogP contribution < -0.4 is 10.1 Å². The maximum Gasteiger partial charge on any atom is 0.255 e. The Morgan fingerprint density at radius 2 is 1.87 bits per heavy atom. The normalized spacial score (nSPS) is 14.8. The van der Waals surface area contributed by atoms with Crippen LogP contribution in [0.3, 0.4) is 0 Å². The Morgan fingerprint density at radius 1 is 1.13 bits per heavy atom. The molecule has 0 radical (unpaired) electrons. The van der Waals surface area contributed by atoms with E-state index in [0.29, 0.717) is 25.4 Å². The largest absolute Gasteiger partial charge is 0.495 e. The molecule has 0 unspecified atom stereocenters. The molecular weight excluding hydrogens is 404 g/mol. The lowest BCUT2D eigenvalue weighted by atomic mass is 10.1. The molecule has 1 aliphatic heterocycles. The number of sulfonamides is 1. The Labute approximate surface area is 178 Å². The lowest BCUT2D eigenvalue weighted by Gasteiger charge is -2.18. The van der Waals surface area contributed by atoms with Gasteiger partial charge in [0, 0.05) is 24.3 Å². The molecule has 2 aromatic carbocycles. The van der Waals surface area contributed by atoms with E-state index in [4.69, 9.17) is 9.47 Å². The summed E-state index contributed by atoms with van der Waals surface area (Å²) >= 11 is 0. The molecule has 1 saturated heterocycles. The summed E-state index contributed by atoms with van der Waals surface area (Å²) in [5, 5.41) is 2.83. The monoisotopic (exact) mass is 432 g/mol. The van der Waals surface area contributed by atoms with Gasteiger partial charge in [-0.1, -0.05) is 12.1 Å². The number of ether oxygens (including phenoxy) is 2. The Bertz CT molecular complexity index is 998. The van der Waals surface area contributed by atoms with Crippen molar-refractivity contribution in [2.45, 2.75) is 44.3 Å². The minimum Gasteiger partial charge on any atom is -0.495 e. The number of methoxy groups -OCH3 is 1. The number of nitrogens with one attached hydrogen (secondary N) is 1. The van der Waals surface area contributed by atoms with E-state index >= 15 is 0 Å². The molecule has 1 heterocycles. The first-order valence-corrected chi connectivity index (χ1v) is 11.5. The maximum atomic E-state index is 13.0. The Morgan fingerprint density at radius 3 is 2.53 bits per heavy atom. The van der Waals surface area contributed by atoms with E-state index in [1.54, 1.807) is 12.1 Å². The third kappa shape index (κ3) is 5.19. The van der Waals surface area contributed by atoms with Gasteiger partial charge in [0.15, 0.2) is 0 Å². The molecule has 0 spiro atoms. The van der Waals surface area contributed by atoms with E-state index < -0.39 is 15.9 Å². The minimum absolute atomic E-state index is 0.0126. The number of carbonyl (C=O) groups is 1. The summed E-state index contributed by atoms with van der Waals surface area (Å²) in [4.78, 5) is 12.8. The fraction of sp³-hybridized carbons (Fsp3) is 0.409. The smallest absolute Gasteiger partial charge is 0.255 e. The number of hydrogen-bond donors (Lipinski definition) is 1. The number of rotatable bonds is 8.